The third kappa shape index (κ3) is 4.30. The number of halogens is 1. The first-order chi connectivity index (χ1) is 9.21. The minimum Gasteiger partial charge on any atom is -0.481 e. The maximum Gasteiger partial charge on any atom is 0.212 e. The quantitative estimate of drug-likeness (QED) is 0.876. The van der Waals surface area contributed by atoms with Gasteiger partial charge in [0, 0.05) is 23.2 Å². The number of aromatic nitrogens is 1. The molecule has 0 bridgehead atoms. The van der Waals surface area contributed by atoms with Crippen LogP contribution in [0.4, 0.5) is 0 Å². The molecule has 1 unspecified atom stereocenters. The second-order valence-electron chi connectivity index (χ2n) is 4.31. The van der Waals surface area contributed by atoms with Crippen molar-refractivity contribution in [1.82, 2.24) is 10.3 Å². The molecule has 0 spiro atoms. The Kier molecular flexibility index (Phi) is 5.36. The highest BCUT2D eigenvalue weighted by molar-refractivity contribution is 9.11. The van der Waals surface area contributed by atoms with Crippen LogP contribution < -0.4 is 10.1 Å². The van der Waals surface area contributed by atoms with Crippen molar-refractivity contribution in [2.45, 2.75) is 18.9 Å². The second-order valence-corrected chi connectivity index (χ2v) is 6.86. The number of nitrogens with zero attached hydrogens (tertiary/aromatic N) is 1. The molecule has 2 aromatic heterocycles. The highest BCUT2D eigenvalue weighted by Gasteiger charge is 2.10. The molecule has 0 aliphatic heterocycles. The summed E-state index contributed by atoms with van der Waals surface area (Å²) in [6, 6.07) is 8.66. The summed E-state index contributed by atoms with van der Waals surface area (Å²) in [6.45, 7) is 0. The fraction of sp³-hybridized carbons (Fsp3) is 0.357. The van der Waals surface area contributed by atoms with Gasteiger partial charge in [-0.15, -0.1) is 11.3 Å². The van der Waals surface area contributed by atoms with Crippen molar-refractivity contribution in [3.05, 3.63) is 44.7 Å². The molecule has 2 aromatic rings. The van der Waals surface area contributed by atoms with Gasteiger partial charge in [0.1, 0.15) is 0 Å². The number of hydrogen-bond donors (Lipinski definition) is 1. The molecule has 0 radical (unpaired) electrons. The molecule has 1 N–H and O–H groups in total. The number of likely N-dealkylation sites (N-methyl/N-ethyl adjacent to an activating group) is 1. The molecule has 0 aliphatic carbocycles. The first-order valence-corrected chi connectivity index (χ1v) is 7.72. The van der Waals surface area contributed by atoms with Crippen LogP contribution >= 0.6 is 27.3 Å². The highest BCUT2D eigenvalue weighted by atomic mass is 79.9. The third-order valence-corrected chi connectivity index (χ3v) is 4.62. The van der Waals surface area contributed by atoms with Crippen LogP contribution in [0, 0.1) is 0 Å². The van der Waals surface area contributed by atoms with Gasteiger partial charge in [0.2, 0.25) is 5.88 Å². The first-order valence-electron chi connectivity index (χ1n) is 6.11. The largest absolute Gasteiger partial charge is 0.481 e. The summed E-state index contributed by atoms with van der Waals surface area (Å²) in [7, 11) is 3.64. The lowest BCUT2D eigenvalue weighted by molar-refractivity contribution is 0.397. The predicted octanol–water partition coefficient (Wildman–Crippen LogP) is 3.29. The molecule has 2 rings (SSSR count). The fourth-order valence-corrected chi connectivity index (χ4v) is 3.48. The third-order valence-electron chi connectivity index (χ3n) is 2.97. The van der Waals surface area contributed by atoms with E-state index < -0.39 is 0 Å². The average Bonchev–Trinajstić information content (AvgIpc) is 2.84. The van der Waals surface area contributed by atoms with Crippen LogP contribution in [0.15, 0.2) is 34.2 Å². The van der Waals surface area contributed by atoms with E-state index in [2.05, 4.69) is 44.4 Å². The van der Waals surface area contributed by atoms with Gasteiger partial charge >= 0.3 is 0 Å². The van der Waals surface area contributed by atoms with Crippen LogP contribution in [-0.4, -0.2) is 25.2 Å². The Morgan fingerprint density at radius 3 is 2.68 bits per heavy atom. The van der Waals surface area contributed by atoms with Gasteiger partial charge in [0.15, 0.2) is 0 Å². The topological polar surface area (TPSA) is 34.1 Å². The van der Waals surface area contributed by atoms with Gasteiger partial charge in [-0.2, -0.15) is 0 Å². The number of pyridine rings is 1. The normalized spacial score (nSPS) is 12.4. The van der Waals surface area contributed by atoms with Crippen molar-refractivity contribution >= 4 is 27.3 Å². The molecular formula is C14H17BrN2OS. The highest BCUT2D eigenvalue weighted by Crippen LogP contribution is 2.23. The number of ether oxygens (including phenoxy) is 1. The van der Waals surface area contributed by atoms with E-state index in [1.807, 2.05) is 19.3 Å². The van der Waals surface area contributed by atoms with Crippen molar-refractivity contribution in [2.75, 3.05) is 14.2 Å². The Balaban J connectivity index is 1.97. The molecule has 1 atom stereocenters. The Hall–Kier alpha value is -0.910. The minimum atomic E-state index is 0.417. The van der Waals surface area contributed by atoms with E-state index in [1.165, 1.54) is 14.2 Å². The number of rotatable bonds is 6. The van der Waals surface area contributed by atoms with E-state index in [4.69, 9.17) is 4.74 Å². The summed E-state index contributed by atoms with van der Waals surface area (Å²) < 4.78 is 6.25. The number of thiophene rings is 1. The predicted molar refractivity (Wildman–Crippen MR) is 83.1 cm³/mol. The van der Waals surface area contributed by atoms with E-state index in [9.17, 15) is 0 Å². The van der Waals surface area contributed by atoms with Crippen LogP contribution in [0.25, 0.3) is 0 Å². The molecule has 0 saturated carbocycles. The molecular weight excluding hydrogens is 324 g/mol. The SMILES string of the molecule is CNC(Cc1ccc(OC)nc1)Cc1ccc(Br)s1. The van der Waals surface area contributed by atoms with Crippen molar-refractivity contribution in [2.24, 2.45) is 0 Å². The van der Waals surface area contributed by atoms with E-state index in [0.29, 0.717) is 11.9 Å². The van der Waals surface area contributed by atoms with Crippen LogP contribution in [0.1, 0.15) is 10.4 Å². The van der Waals surface area contributed by atoms with Crippen molar-refractivity contribution in [3.63, 3.8) is 0 Å². The lowest BCUT2D eigenvalue weighted by Gasteiger charge is -2.15. The van der Waals surface area contributed by atoms with Gasteiger partial charge in [-0.1, -0.05) is 6.07 Å². The maximum absolute atomic E-state index is 5.07. The smallest absolute Gasteiger partial charge is 0.212 e. The average molecular weight is 341 g/mol. The molecule has 102 valence electrons. The molecule has 0 amide bonds. The van der Waals surface area contributed by atoms with Gasteiger partial charge in [-0.05, 0) is 53.5 Å². The summed E-state index contributed by atoms with van der Waals surface area (Å²) in [5.74, 6) is 0.659. The molecule has 0 aliphatic rings. The van der Waals surface area contributed by atoms with Gasteiger partial charge in [0.25, 0.3) is 0 Å². The minimum absolute atomic E-state index is 0.417. The van der Waals surface area contributed by atoms with E-state index >= 15 is 0 Å². The zero-order chi connectivity index (χ0) is 13.7. The molecule has 0 fully saturated rings. The Labute approximate surface area is 126 Å². The van der Waals surface area contributed by atoms with E-state index in [0.717, 1.165) is 12.8 Å². The maximum atomic E-state index is 5.07. The zero-order valence-electron chi connectivity index (χ0n) is 11.0. The van der Waals surface area contributed by atoms with Crippen molar-refractivity contribution in [3.8, 4) is 5.88 Å². The van der Waals surface area contributed by atoms with Gasteiger partial charge in [-0.25, -0.2) is 4.98 Å². The first kappa shape index (κ1) is 14.5. The number of hydrogen-bond acceptors (Lipinski definition) is 4. The lowest BCUT2D eigenvalue weighted by Crippen LogP contribution is -2.29. The Morgan fingerprint density at radius 2 is 2.16 bits per heavy atom. The molecule has 5 heteroatoms. The number of methoxy groups -OCH3 is 1. The molecule has 0 saturated heterocycles. The standard InChI is InChI=1S/C14H17BrN2OS/c1-16-11(8-12-4-5-13(15)19-12)7-10-3-6-14(18-2)17-9-10/h3-6,9,11,16H,7-8H2,1-2H3. The summed E-state index contributed by atoms with van der Waals surface area (Å²) in [4.78, 5) is 5.62. The Bertz CT molecular complexity index is 512. The summed E-state index contributed by atoms with van der Waals surface area (Å²) in [6.07, 6.45) is 3.87. The van der Waals surface area contributed by atoms with Crippen molar-refractivity contribution < 1.29 is 4.74 Å². The van der Waals surface area contributed by atoms with Gasteiger partial charge in [0.05, 0.1) is 10.9 Å². The monoisotopic (exact) mass is 340 g/mol. The van der Waals surface area contributed by atoms with Crippen LogP contribution in [0.2, 0.25) is 0 Å². The molecule has 2 heterocycles. The lowest BCUT2D eigenvalue weighted by atomic mass is 10.0. The fourth-order valence-electron chi connectivity index (χ4n) is 1.92. The summed E-state index contributed by atoms with van der Waals surface area (Å²) in [5.41, 5.74) is 1.22. The van der Waals surface area contributed by atoms with Crippen LogP contribution in [-0.2, 0) is 12.8 Å². The van der Waals surface area contributed by atoms with Crippen LogP contribution in [0.5, 0.6) is 5.88 Å². The van der Waals surface area contributed by atoms with E-state index in [1.54, 1.807) is 18.4 Å². The summed E-state index contributed by atoms with van der Waals surface area (Å²) >= 11 is 5.29. The van der Waals surface area contributed by atoms with Gasteiger partial charge in [-0.3, -0.25) is 0 Å². The number of nitrogens with one attached hydrogen (secondary N) is 1. The molecule has 3 nitrogen and oxygen atoms in total. The molecule has 19 heavy (non-hydrogen) atoms. The van der Waals surface area contributed by atoms with Crippen LogP contribution in [0.3, 0.4) is 0 Å². The summed E-state index contributed by atoms with van der Waals surface area (Å²) in [5, 5.41) is 3.37. The second kappa shape index (κ2) is 7.03. The Morgan fingerprint density at radius 1 is 1.32 bits per heavy atom. The van der Waals surface area contributed by atoms with Gasteiger partial charge < -0.3 is 10.1 Å². The van der Waals surface area contributed by atoms with E-state index in [-0.39, 0.29) is 0 Å². The van der Waals surface area contributed by atoms with Crippen molar-refractivity contribution in [1.29, 1.82) is 0 Å². The zero-order valence-corrected chi connectivity index (χ0v) is 13.4. The molecule has 0 aromatic carbocycles.